The third-order valence-electron chi connectivity index (χ3n) is 4.06. The summed E-state index contributed by atoms with van der Waals surface area (Å²) in [4.78, 5) is 32.2. The molecule has 28 heavy (non-hydrogen) atoms. The molecule has 1 saturated heterocycles. The van der Waals surface area contributed by atoms with Gasteiger partial charge in [0, 0.05) is 33.0 Å². The fraction of sp³-hybridized carbons (Fsp3) is 0.263. The predicted molar refractivity (Wildman–Crippen MR) is 117 cm³/mol. The highest BCUT2D eigenvalue weighted by molar-refractivity contribution is 8.26. The molecule has 146 valence electrons. The zero-order chi connectivity index (χ0) is 20.1. The number of thiocarbonyl (C=S) groups is 1. The van der Waals surface area contributed by atoms with Crippen LogP contribution in [0.25, 0.3) is 11.7 Å². The topological polar surface area (TPSA) is 75.9 Å². The molecule has 1 fully saturated rings. The molecule has 0 aliphatic carbocycles. The molecule has 0 spiro atoms. The zero-order valence-corrected chi connectivity index (χ0v) is 17.0. The molecule has 3 heterocycles. The number of amides is 1. The third-order valence-corrected chi connectivity index (χ3v) is 5.44. The number of aromatic nitrogens is 2. The number of fused-ring (bicyclic) bond motifs is 1. The quantitative estimate of drug-likeness (QED) is 0.307. The molecule has 2 aromatic heterocycles. The molecule has 3 rings (SSSR count). The monoisotopic (exact) mass is 416 g/mol. The number of ether oxygens (including phenoxy) is 1. The maximum atomic E-state index is 13.0. The number of anilines is 1. The van der Waals surface area contributed by atoms with Crippen LogP contribution in [0.2, 0.25) is 0 Å². The molecule has 1 aliphatic rings. The number of nitrogens with one attached hydrogen (secondary N) is 1. The zero-order valence-electron chi connectivity index (χ0n) is 15.4. The van der Waals surface area contributed by atoms with Gasteiger partial charge in [-0.3, -0.25) is 18.9 Å². The summed E-state index contributed by atoms with van der Waals surface area (Å²) in [5, 5.41) is 3.08. The highest BCUT2D eigenvalue weighted by atomic mass is 32.2. The summed E-state index contributed by atoms with van der Waals surface area (Å²) < 4.78 is 6.96. The van der Waals surface area contributed by atoms with Crippen molar-refractivity contribution in [1.82, 2.24) is 14.3 Å². The van der Waals surface area contributed by atoms with Gasteiger partial charge in [-0.1, -0.05) is 36.1 Å². The fourth-order valence-corrected chi connectivity index (χ4v) is 4.02. The lowest BCUT2D eigenvalue weighted by atomic mass is 10.2. The van der Waals surface area contributed by atoms with E-state index in [0.29, 0.717) is 52.4 Å². The lowest BCUT2D eigenvalue weighted by Crippen LogP contribution is -2.29. The molecule has 0 bridgehead atoms. The van der Waals surface area contributed by atoms with E-state index in [2.05, 4.69) is 16.9 Å². The van der Waals surface area contributed by atoms with Crippen LogP contribution in [0.4, 0.5) is 5.82 Å². The molecule has 0 unspecified atom stereocenters. The molecule has 1 N–H and O–H groups in total. The minimum absolute atomic E-state index is 0.210. The molecular weight excluding hydrogens is 396 g/mol. The number of carbonyl (C=O) groups excluding carboxylic acids is 1. The second-order valence-electron chi connectivity index (χ2n) is 5.96. The SMILES string of the molecule is C=CCNc1nc2ccccn2c(=O)c1C=C1SC(=S)N(CCCOC)C1=O. The minimum Gasteiger partial charge on any atom is -0.385 e. The molecule has 0 radical (unpaired) electrons. The van der Waals surface area contributed by atoms with Crippen molar-refractivity contribution in [3.8, 4) is 0 Å². The van der Waals surface area contributed by atoms with Crippen LogP contribution in [-0.2, 0) is 9.53 Å². The van der Waals surface area contributed by atoms with E-state index >= 15 is 0 Å². The second-order valence-corrected chi connectivity index (χ2v) is 7.63. The first-order chi connectivity index (χ1) is 13.6. The number of carbonyl (C=O) groups is 1. The normalized spacial score (nSPS) is 15.6. The van der Waals surface area contributed by atoms with Crippen molar-refractivity contribution in [1.29, 1.82) is 0 Å². The summed E-state index contributed by atoms with van der Waals surface area (Å²) in [5.74, 6) is 0.194. The standard InChI is InChI=1S/C19H20N4O3S2/c1-3-8-20-16-13(17(24)22-9-5-4-7-15(22)21-16)12-14-18(25)23(19(27)28-14)10-6-11-26-2/h3-5,7,9,12,20H,1,6,8,10-11H2,2H3. The van der Waals surface area contributed by atoms with Crippen LogP contribution in [0.3, 0.4) is 0 Å². The molecule has 1 aliphatic heterocycles. The van der Waals surface area contributed by atoms with Gasteiger partial charge in [-0.25, -0.2) is 4.98 Å². The summed E-state index contributed by atoms with van der Waals surface area (Å²) in [6.07, 6.45) is 5.57. The van der Waals surface area contributed by atoms with Gasteiger partial charge in [0.2, 0.25) is 0 Å². The predicted octanol–water partition coefficient (Wildman–Crippen LogP) is 2.53. The Morgan fingerprint density at radius 2 is 2.21 bits per heavy atom. The van der Waals surface area contributed by atoms with Gasteiger partial charge in [-0.05, 0) is 24.6 Å². The van der Waals surface area contributed by atoms with Crippen molar-refractivity contribution >= 4 is 51.7 Å². The van der Waals surface area contributed by atoms with Crippen molar-refractivity contribution in [3.05, 3.63) is 57.9 Å². The Morgan fingerprint density at radius 3 is 2.96 bits per heavy atom. The average Bonchev–Trinajstić information content (AvgIpc) is 2.96. The van der Waals surface area contributed by atoms with Crippen LogP contribution in [0, 0.1) is 0 Å². The Hall–Kier alpha value is -2.49. The van der Waals surface area contributed by atoms with Gasteiger partial charge < -0.3 is 10.1 Å². The average molecular weight is 417 g/mol. The molecule has 1 amide bonds. The Labute approximate surface area is 172 Å². The maximum Gasteiger partial charge on any atom is 0.267 e. The van der Waals surface area contributed by atoms with E-state index in [9.17, 15) is 9.59 Å². The Bertz CT molecular complexity index is 1020. The minimum atomic E-state index is -0.262. The van der Waals surface area contributed by atoms with E-state index in [1.807, 2.05) is 6.07 Å². The van der Waals surface area contributed by atoms with Crippen LogP contribution in [0.15, 0.2) is 46.8 Å². The Kier molecular flexibility index (Phi) is 6.61. The molecule has 9 heteroatoms. The first kappa shape index (κ1) is 20.2. The van der Waals surface area contributed by atoms with E-state index in [-0.39, 0.29) is 11.5 Å². The number of nitrogens with zero attached hydrogens (tertiary/aromatic N) is 3. The van der Waals surface area contributed by atoms with Crippen LogP contribution < -0.4 is 10.9 Å². The number of rotatable bonds is 8. The summed E-state index contributed by atoms with van der Waals surface area (Å²) in [6.45, 7) is 5.14. The number of pyridine rings is 1. The van der Waals surface area contributed by atoms with Crippen LogP contribution >= 0.6 is 24.0 Å². The molecule has 0 saturated carbocycles. The van der Waals surface area contributed by atoms with Crippen molar-refractivity contribution < 1.29 is 9.53 Å². The van der Waals surface area contributed by atoms with E-state index in [1.165, 1.54) is 21.1 Å². The first-order valence-corrected chi connectivity index (χ1v) is 9.89. The Morgan fingerprint density at radius 1 is 1.39 bits per heavy atom. The molecule has 0 atom stereocenters. The fourth-order valence-electron chi connectivity index (χ4n) is 2.73. The van der Waals surface area contributed by atoms with Gasteiger partial charge in [-0.15, -0.1) is 6.58 Å². The number of thioether (sulfide) groups is 1. The van der Waals surface area contributed by atoms with Crippen molar-refractivity contribution in [2.24, 2.45) is 0 Å². The van der Waals surface area contributed by atoms with Gasteiger partial charge in [-0.2, -0.15) is 0 Å². The van der Waals surface area contributed by atoms with Gasteiger partial charge in [0.15, 0.2) is 0 Å². The molecule has 0 aromatic carbocycles. The lowest BCUT2D eigenvalue weighted by Gasteiger charge is -2.13. The van der Waals surface area contributed by atoms with Gasteiger partial charge >= 0.3 is 0 Å². The highest BCUT2D eigenvalue weighted by Crippen LogP contribution is 2.33. The largest absolute Gasteiger partial charge is 0.385 e. The molecule has 2 aromatic rings. The van der Waals surface area contributed by atoms with Crippen molar-refractivity contribution in [2.75, 3.05) is 32.1 Å². The number of hydrogen-bond acceptors (Lipinski definition) is 7. The summed E-state index contributed by atoms with van der Waals surface area (Å²) in [5.41, 5.74) is 0.563. The summed E-state index contributed by atoms with van der Waals surface area (Å²) in [6, 6.07) is 5.31. The van der Waals surface area contributed by atoms with Crippen molar-refractivity contribution in [2.45, 2.75) is 6.42 Å². The summed E-state index contributed by atoms with van der Waals surface area (Å²) in [7, 11) is 1.61. The highest BCUT2D eigenvalue weighted by Gasteiger charge is 2.32. The van der Waals surface area contributed by atoms with E-state index in [4.69, 9.17) is 17.0 Å². The van der Waals surface area contributed by atoms with E-state index in [1.54, 1.807) is 37.6 Å². The van der Waals surface area contributed by atoms with Crippen molar-refractivity contribution in [3.63, 3.8) is 0 Å². The Balaban J connectivity index is 2.01. The van der Waals surface area contributed by atoms with E-state index < -0.39 is 0 Å². The maximum absolute atomic E-state index is 13.0. The smallest absolute Gasteiger partial charge is 0.267 e. The van der Waals surface area contributed by atoms with Gasteiger partial charge in [0.1, 0.15) is 15.8 Å². The lowest BCUT2D eigenvalue weighted by molar-refractivity contribution is -0.122. The van der Waals surface area contributed by atoms with Crippen LogP contribution in [-0.4, -0.2) is 51.3 Å². The molecular formula is C19H20N4O3S2. The van der Waals surface area contributed by atoms with Gasteiger partial charge in [0.05, 0.1) is 10.5 Å². The second kappa shape index (κ2) is 9.13. The number of methoxy groups -OCH3 is 1. The molecule has 7 nitrogen and oxygen atoms in total. The first-order valence-electron chi connectivity index (χ1n) is 8.67. The van der Waals surface area contributed by atoms with Crippen LogP contribution in [0.1, 0.15) is 12.0 Å². The number of hydrogen-bond donors (Lipinski definition) is 1. The van der Waals surface area contributed by atoms with Gasteiger partial charge in [0.25, 0.3) is 11.5 Å². The third kappa shape index (κ3) is 4.16. The summed E-state index contributed by atoms with van der Waals surface area (Å²) >= 11 is 6.52. The van der Waals surface area contributed by atoms with Crippen LogP contribution in [0.5, 0.6) is 0 Å². The van der Waals surface area contributed by atoms with E-state index in [0.717, 1.165) is 0 Å².